The molecule has 0 bridgehead atoms. The molecule has 0 radical (unpaired) electrons. The molecule has 3 heterocycles. The Morgan fingerprint density at radius 1 is 0.410 bits per heavy atom. The van der Waals surface area contributed by atoms with Crippen LogP contribution in [-0.4, -0.2) is 11.4 Å². The van der Waals surface area contributed by atoms with Gasteiger partial charge in [0.05, 0.1) is 11.0 Å². The summed E-state index contributed by atoms with van der Waals surface area (Å²) >= 11 is 0. The molecule has 2 nitrogen and oxygen atoms in total. The second kappa shape index (κ2) is 7.75. The average molecular weight is 494 g/mol. The van der Waals surface area contributed by atoms with Crippen molar-refractivity contribution in [2.75, 3.05) is 4.81 Å². The summed E-state index contributed by atoms with van der Waals surface area (Å²) in [6.45, 7) is 0.101. The van der Waals surface area contributed by atoms with Gasteiger partial charge in [-0.25, -0.2) is 0 Å². The summed E-state index contributed by atoms with van der Waals surface area (Å²) in [5, 5.41) is 2.58. The predicted molar refractivity (Wildman–Crippen MR) is 165 cm³/mol. The molecule has 0 spiro atoms. The molecule has 0 amide bonds. The van der Waals surface area contributed by atoms with Crippen molar-refractivity contribution in [2.45, 2.75) is 0 Å². The quantitative estimate of drug-likeness (QED) is 0.213. The summed E-state index contributed by atoms with van der Waals surface area (Å²) in [4.78, 5) is 2.57. The molecule has 6 aromatic carbocycles. The first-order valence-electron chi connectivity index (χ1n) is 13.6. The van der Waals surface area contributed by atoms with Gasteiger partial charge in [-0.1, -0.05) is 103 Å². The Morgan fingerprint density at radius 2 is 1.03 bits per heavy atom. The second-order valence-electron chi connectivity index (χ2n) is 10.5. The molecular formula is C36H23BN2. The monoisotopic (exact) mass is 494 g/mol. The fourth-order valence-electron chi connectivity index (χ4n) is 7.00. The third-order valence-corrected chi connectivity index (χ3v) is 8.57. The number of fused-ring (bicyclic) bond motifs is 14. The number of benzene rings is 6. The summed E-state index contributed by atoms with van der Waals surface area (Å²) in [5.41, 5.74) is 14.1. The van der Waals surface area contributed by atoms with E-state index in [1.165, 1.54) is 72.0 Å². The van der Waals surface area contributed by atoms with Crippen LogP contribution in [0.2, 0.25) is 0 Å². The maximum absolute atomic E-state index is 2.57. The SMILES string of the molecule is c1ccc(-n2c3ccccc3c3cc4c(cc32)-c2ccccc2N2B4c3ccccc3-c3ccccc32)cc1. The van der Waals surface area contributed by atoms with E-state index in [-0.39, 0.29) is 6.85 Å². The van der Waals surface area contributed by atoms with Crippen LogP contribution in [0.3, 0.4) is 0 Å². The first-order chi connectivity index (χ1) is 19.4. The van der Waals surface area contributed by atoms with E-state index in [9.17, 15) is 0 Å². The lowest BCUT2D eigenvalue weighted by Gasteiger charge is -2.43. The number of hydrogen-bond acceptors (Lipinski definition) is 1. The Morgan fingerprint density at radius 3 is 1.82 bits per heavy atom. The fourth-order valence-corrected chi connectivity index (χ4v) is 7.00. The first-order valence-corrected chi connectivity index (χ1v) is 13.6. The number of aromatic nitrogens is 1. The van der Waals surface area contributed by atoms with Crippen LogP contribution >= 0.6 is 0 Å². The summed E-state index contributed by atoms with van der Waals surface area (Å²) in [6, 6.07) is 51.2. The van der Waals surface area contributed by atoms with Gasteiger partial charge in [-0.3, -0.25) is 0 Å². The second-order valence-corrected chi connectivity index (χ2v) is 10.5. The Hall–Kier alpha value is -5.02. The molecule has 9 rings (SSSR count). The van der Waals surface area contributed by atoms with Crippen molar-refractivity contribution < 1.29 is 0 Å². The number of nitrogens with zero attached hydrogens (tertiary/aromatic N) is 2. The van der Waals surface area contributed by atoms with Crippen LogP contribution in [0.15, 0.2) is 140 Å². The standard InChI is InChI=1S/C36H23BN2/c1-2-12-24(13-3-1)38-33-19-9-5-17-28(33)30-22-32-29(23-36(30)38)27-16-7-11-21-35(27)39-34-20-10-6-15-26(34)25-14-4-8-18-31(25)37(32)39/h1-23H. The molecule has 0 N–H and O–H groups in total. The zero-order valence-corrected chi connectivity index (χ0v) is 21.3. The number of hydrogen-bond donors (Lipinski definition) is 0. The minimum Gasteiger partial charge on any atom is -0.376 e. The Balaban J connectivity index is 1.44. The summed E-state index contributed by atoms with van der Waals surface area (Å²) in [6.07, 6.45) is 0. The fraction of sp³-hybridized carbons (Fsp3) is 0. The van der Waals surface area contributed by atoms with Crippen LogP contribution in [0.4, 0.5) is 11.4 Å². The normalized spacial score (nSPS) is 13.0. The minimum atomic E-state index is 0.101. The molecule has 1 aromatic heterocycles. The maximum Gasteiger partial charge on any atom is 0.329 e. The highest BCUT2D eigenvalue weighted by Crippen LogP contribution is 2.46. The van der Waals surface area contributed by atoms with Gasteiger partial charge >= 0.3 is 6.85 Å². The predicted octanol–water partition coefficient (Wildman–Crippen LogP) is 7.69. The van der Waals surface area contributed by atoms with Gasteiger partial charge < -0.3 is 9.38 Å². The third kappa shape index (κ3) is 2.77. The van der Waals surface area contributed by atoms with Crippen molar-refractivity contribution in [3.05, 3.63) is 140 Å². The van der Waals surface area contributed by atoms with Crippen molar-refractivity contribution in [3.63, 3.8) is 0 Å². The zero-order chi connectivity index (χ0) is 25.5. The molecule has 0 saturated heterocycles. The van der Waals surface area contributed by atoms with E-state index in [2.05, 4.69) is 149 Å². The Labute approximate surface area is 227 Å². The molecule has 0 fully saturated rings. The van der Waals surface area contributed by atoms with E-state index in [0.717, 1.165) is 0 Å². The van der Waals surface area contributed by atoms with Crippen molar-refractivity contribution in [1.82, 2.24) is 4.57 Å². The van der Waals surface area contributed by atoms with Crippen LogP contribution in [0.5, 0.6) is 0 Å². The summed E-state index contributed by atoms with van der Waals surface area (Å²) in [7, 11) is 0. The molecule has 0 atom stereocenters. The molecular weight excluding hydrogens is 471 g/mol. The van der Waals surface area contributed by atoms with Crippen molar-refractivity contribution in [1.29, 1.82) is 0 Å². The lowest BCUT2D eigenvalue weighted by atomic mass is 9.43. The highest BCUT2D eigenvalue weighted by atomic mass is 15.1. The van der Waals surface area contributed by atoms with Crippen molar-refractivity contribution >= 4 is 51.0 Å². The zero-order valence-electron chi connectivity index (χ0n) is 21.3. The molecule has 7 aromatic rings. The van der Waals surface area contributed by atoms with Gasteiger partial charge in [0.1, 0.15) is 0 Å². The number of rotatable bonds is 1. The molecule has 0 unspecified atom stereocenters. The number of para-hydroxylation sites is 4. The Kier molecular flexibility index (Phi) is 4.17. The van der Waals surface area contributed by atoms with Crippen LogP contribution in [-0.2, 0) is 0 Å². The largest absolute Gasteiger partial charge is 0.376 e. The van der Waals surface area contributed by atoms with Crippen LogP contribution < -0.4 is 15.7 Å². The van der Waals surface area contributed by atoms with E-state index in [1.54, 1.807) is 0 Å². The smallest absolute Gasteiger partial charge is 0.329 e. The topological polar surface area (TPSA) is 8.17 Å². The van der Waals surface area contributed by atoms with Gasteiger partial charge in [-0.05, 0) is 58.5 Å². The summed E-state index contributed by atoms with van der Waals surface area (Å²) in [5.74, 6) is 0. The maximum atomic E-state index is 2.57. The lowest BCUT2D eigenvalue weighted by molar-refractivity contribution is 1.18. The van der Waals surface area contributed by atoms with E-state index < -0.39 is 0 Å². The summed E-state index contributed by atoms with van der Waals surface area (Å²) < 4.78 is 2.42. The minimum absolute atomic E-state index is 0.101. The first kappa shape index (κ1) is 21.0. The number of anilines is 2. The van der Waals surface area contributed by atoms with Crippen molar-refractivity contribution in [3.8, 4) is 27.9 Å². The molecule has 2 aliphatic rings. The van der Waals surface area contributed by atoms with Crippen LogP contribution in [0.25, 0.3) is 49.7 Å². The van der Waals surface area contributed by atoms with E-state index in [0.29, 0.717) is 0 Å². The van der Waals surface area contributed by atoms with Gasteiger partial charge in [-0.2, -0.15) is 0 Å². The molecule has 39 heavy (non-hydrogen) atoms. The van der Waals surface area contributed by atoms with Gasteiger partial charge in [0.25, 0.3) is 0 Å². The third-order valence-electron chi connectivity index (χ3n) is 8.57. The molecule has 0 saturated carbocycles. The molecule has 3 heteroatoms. The van der Waals surface area contributed by atoms with Gasteiger partial charge in [0.2, 0.25) is 0 Å². The molecule has 2 aliphatic heterocycles. The van der Waals surface area contributed by atoms with Gasteiger partial charge in [-0.15, -0.1) is 0 Å². The highest BCUT2D eigenvalue weighted by Gasteiger charge is 2.42. The lowest BCUT2D eigenvalue weighted by Crippen LogP contribution is -2.59. The van der Waals surface area contributed by atoms with E-state index in [1.807, 2.05) is 0 Å². The Bertz CT molecular complexity index is 2090. The highest BCUT2D eigenvalue weighted by molar-refractivity contribution is 6.92. The van der Waals surface area contributed by atoms with Crippen molar-refractivity contribution in [2.24, 2.45) is 0 Å². The molecule has 180 valence electrons. The van der Waals surface area contributed by atoms with E-state index in [4.69, 9.17) is 0 Å². The average Bonchev–Trinajstić information content (AvgIpc) is 3.34. The van der Waals surface area contributed by atoms with Gasteiger partial charge in [0, 0.05) is 39.0 Å². The van der Waals surface area contributed by atoms with Crippen LogP contribution in [0.1, 0.15) is 0 Å². The van der Waals surface area contributed by atoms with Crippen LogP contribution in [0, 0.1) is 0 Å². The van der Waals surface area contributed by atoms with E-state index >= 15 is 0 Å². The molecule has 0 aliphatic carbocycles. The van der Waals surface area contributed by atoms with Gasteiger partial charge in [0.15, 0.2) is 0 Å².